The number of nitrogens with zero attached hydrogens (tertiary/aromatic N) is 1. The first-order valence-electron chi connectivity index (χ1n) is 6.90. The molecule has 108 valence electrons. The highest BCUT2D eigenvalue weighted by atomic mass is 79.9. The van der Waals surface area contributed by atoms with Crippen molar-refractivity contribution >= 4 is 27.3 Å². The molecule has 2 aromatic rings. The highest BCUT2D eigenvalue weighted by Crippen LogP contribution is 2.27. The van der Waals surface area contributed by atoms with E-state index in [0.717, 1.165) is 29.4 Å². The zero-order valence-corrected chi connectivity index (χ0v) is 13.0. The van der Waals surface area contributed by atoms with Crippen molar-refractivity contribution in [3.8, 4) is 0 Å². The number of hydrogen-bond acceptors (Lipinski definition) is 3. The molecule has 0 aliphatic heterocycles. The lowest BCUT2D eigenvalue weighted by Crippen LogP contribution is -2.27. The van der Waals surface area contributed by atoms with Gasteiger partial charge in [0.1, 0.15) is 0 Å². The fourth-order valence-corrected chi connectivity index (χ4v) is 3.20. The van der Waals surface area contributed by atoms with Gasteiger partial charge in [-0.1, -0.05) is 28.1 Å². The van der Waals surface area contributed by atoms with Gasteiger partial charge in [-0.25, -0.2) is 0 Å². The Balaban J connectivity index is 1.74. The van der Waals surface area contributed by atoms with Gasteiger partial charge in [0.15, 0.2) is 0 Å². The average Bonchev–Trinajstić information content (AvgIpc) is 2.48. The van der Waals surface area contributed by atoms with Crippen LogP contribution in [0.25, 0.3) is 0 Å². The van der Waals surface area contributed by atoms with Gasteiger partial charge in [-0.2, -0.15) is 0 Å². The molecule has 0 spiro atoms. The van der Waals surface area contributed by atoms with Gasteiger partial charge < -0.3 is 5.32 Å². The minimum absolute atomic E-state index is 0.125. The molecule has 2 aromatic carbocycles. The average molecular weight is 347 g/mol. The molecular weight excluding hydrogens is 332 g/mol. The number of benzene rings is 2. The first kappa shape index (κ1) is 14.1. The summed E-state index contributed by atoms with van der Waals surface area (Å²) in [4.78, 5) is 10.5. The quantitative estimate of drug-likeness (QED) is 0.664. The van der Waals surface area contributed by atoms with Crippen LogP contribution in [0.2, 0.25) is 0 Å². The molecule has 0 heterocycles. The van der Waals surface area contributed by atoms with Crippen molar-refractivity contribution in [1.82, 2.24) is 0 Å². The number of nitro benzene ring substituents is 1. The largest absolute Gasteiger partial charge is 0.382 e. The van der Waals surface area contributed by atoms with Gasteiger partial charge in [-0.05, 0) is 48.6 Å². The number of nitrogens with one attached hydrogen (secondary N) is 1. The molecule has 0 aromatic heterocycles. The van der Waals surface area contributed by atoms with Gasteiger partial charge in [0.05, 0.1) is 4.92 Å². The van der Waals surface area contributed by atoms with Crippen molar-refractivity contribution in [2.45, 2.75) is 25.3 Å². The first-order valence-corrected chi connectivity index (χ1v) is 7.69. The molecule has 0 saturated carbocycles. The summed E-state index contributed by atoms with van der Waals surface area (Å²) in [6.45, 7) is 0. The van der Waals surface area contributed by atoms with E-state index in [0.29, 0.717) is 6.04 Å². The van der Waals surface area contributed by atoms with Crippen molar-refractivity contribution in [3.63, 3.8) is 0 Å². The summed E-state index contributed by atoms with van der Waals surface area (Å²) in [6.07, 6.45) is 3.01. The third-order valence-corrected chi connectivity index (χ3v) is 4.32. The summed E-state index contributed by atoms with van der Waals surface area (Å²) in [5.74, 6) is 0. The van der Waals surface area contributed by atoms with E-state index in [2.05, 4.69) is 39.4 Å². The smallest absolute Gasteiger partial charge is 0.271 e. The molecule has 0 radical (unpaired) electrons. The molecule has 0 amide bonds. The van der Waals surface area contributed by atoms with E-state index in [4.69, 9.17) is 0 Å². The maximum atomic E-state index is 10.8. The fourth-order valence-electron chi connectivity index (χ4n) is 2.79. The lowest BCUT2D eigenvalue weighted by atomic mass is 9.88. The lowest BCUT2D eigenvalue weighted by molar-refractivity contribution is -0.384. The van der Waals surface area contributed by atoms with E-state index >= 15 is 0 Å². The van der Waals surface area contributed by atoms with Gasteiger partial charge in [0, 0.05) is 28.3 Å². The Bertz CT molecular complexity index is 688. The standard InChI is InChI=1S/C16H15BrN2O2/c17-13-6-4-12-9-15(7-5-11(12)8-13)18-14-2-1-3-16(10-14)19(20)21/h1-4,6,8,10,15,18H,5,7,9H2. The fraction of sp³-hybridized carbons (Fsp3) is 0.250. The van der Waals surface area contributed by atoms with Gasteiger partial charge in [-0.3, -0.25) is 10.1 Å². The Morgan fingerprint density at radius 1 is 1.19 bits per heavy atom. The minimum Gasteiger partial charge on any atom is -0.382 e. The molecule has 1 aliphatic carbocycles. The zero-order chi connectivity index (χ0) is 14.8. The zero-order valence-electron chi connectivity index (χ0n) is 11.4. The molecule has 0 fully saturated rings. The monoisotopic (exact) mass is 346 g/mol. The van der Waals surface area contributed by atoms with E-state index in [-0.39, 0.29) is 10.6 Å². The summed E-state index contributed by atoms with van der Waals surface area (Å²) >= 11 is 3.50. The molecule has 3 rings (SSSR count). The van der Waals surface area contributed by atoms with E-state index in [1.54, 1.807) is 12.1 Å². The molecule has 5 heteroatoms. The normalized spacial score (nSPS) is 17.1. The molecule has 1 atom stereocenters. The second kappa shape index (κ2) is 5.85. The van der Waals surface area contributed by atoms with Gasteiger partial charge >= 0.3 is 0 Å². The van der Waals surface area contributed by atoms with Crippen LogP contribution in [0.15, 0.2) is 46.9 Å². The van der Waals surface area contributed by atoms with Crippen molar-refractivity contribution < 1.29 is 4.92 Å². The number of non-ortho nitro benzene ring substituents is 1. The number of halogens is 1. The SMILES string of the molecule is O=[N+]([O-])c1cccc(NC2CCc3cc(Br)ccc3C2)c1. The lowest BCUT2D eigenvalue weighted by Gasteiger charge is -2.26. The van der Waals surface area contributed by atoms with Crippen molar-refractivity contribution in [1.29, 1.82) is 0 Å². The van der Waals surface area contributed by atoms with Crippen LogP contribution in [0.5, 0.6) is 0 Å². The predicted molar refractivity (Wildman–Crippen MR) is 86.7 cm³/mol. The molecule has 1 aliphatic rings. The maximum Gasteiger partial charge on any atom is 0.271 e. The van der Waals surface area contributed by atoms with E-state index < -0.39 is 0 Å². The van der Waals surface area contributed by atoms with Crippen LogP contribution in [0.3, 0.4) is 0 Å². The molecule has 1 N–H and O–H groups in total. The van der Waals surface area contributed by atoms with Crippen LogP contribution in [0, 0.1) is 10.1 Å². The van der Waals surface area contributed by atoms with Crippen LogP contribution in [0.4, 0.5) is 11.4 Å². The number of rotatable bonds is 3. The summed E-state index contributed by atoms with van der Waals surface area (Å²) in [6, 6.07) is 13.4. The molecule has 1 unspecified atom stereocenters. The molecule has 0 saturated heterocycles. The van der Waals surface area contributed by atoms with E-state index in [9.17, 15) is 10.1 Å². The third kappa shape index (κ3) is 3.24. The molecule has 21 heavy (non-hydrogen) atoms. The van der Waals surface area contributed by atoms with Gasteiger partial charge in [-0.15, -0.1) is 0 Å². The number of aryl methyl sites for hydroxylation is 1. The number of fused-ring (bicyclic) bond motifs is 1. The second-order valence-corrected chi connectivity index (χ2v) is 6.22. The summed E-state index contributed by atoms with van der Waals surface area (Å²) in [7, 11) is 0. The Morgan fingerprint density at radius 3 is 2.86 bits per heavy atom. The second-order valence-electron chi connectivity index (χ2n) is 5.30. The Morgan fingerprint density at radius 2 is 2.05 bits per heavy atom. The van der Waals surface area contributed by atoms with Crippen LogP contribution in [-0.2, 0) is 12.8 Å². The number of anilines is 1. The summed E-state index contributed by atoms with van der Waals surface area (Å²) < 4.78 is 1.12. The number of hydrogen-bond donors (Lipinski definition) is 1. The van der Waals surface area contributed by atoms with Crippen LogP contribution >= 0.6 is 15.9 Å². The summed E-state index contributed by atoms with van der Waals surface area (Å²) in [5, 5.41) is 14.2. The maximum absolute atomic E-state index is 10.8. The van der Waals surface area contributed by atoms with Crippen LogP contribution in [0.1, 0.15) is 17.5 Å². The first-order chi connectivity index (χ1) is 10.1. The summed E-state index contributed by atoms with van der Waals surface area (Å²) in [5.41, 5.74) is 3.68. The van der Waals surface area contributed by atoms with Crippen molar-refractivity contribution in [2.24, 2.45) is 0 Å². The molecular formula is C16H15BrN2O2. The highest BCUT2D eigenvalue weighted by molar-refractivity contribution is 9.10. The molecule has 4 nitrogen and oxygen atoms in total. The van der Waals surface area contributed by atoms with Gasteiger partial charge in [0.25, 0.3) is 5.69 Å². The number of nitro groups is 1. The van der Waals surface area contributed by atoms with Crippen molar-refractivity contribution in [2.75, 3.05) is 5.32 Å². The molecule has 0 bridgehead atoms. The van der Waals surface area contributed by atoms with E-state index in [1.165, 1.54) is 17.2 Å². The topological polar surface area (TPSA) is 55.2 Å². The van der Waals surface area contributed by atoms with Crippen molar-refractivity contribution in [3.05, 3.63) is 68.2 Å². The Labute approximate surface area is 131 Å². The van der Waals surface area contributed by atoms with Crippen LogP contribution in [-0.4, -0.2) is 11.0 Å². The Hall–Kier alpha value is -1.88. The Kier molecular flexibility index (Phi) is 3.92. The van der Waals surface area contributed by atoms with E-state index in [1.807, 2.05) is 6.07 Å². The minimum atomic E-state index is -0.362. The van der Waals surface area contributed by atoms with Gasteiger partial charge in [0.2, 0.25) is 0 Å². The highest BCUT2D eigenvalue weighted by Gasteiger charge is 2.19. The third-order valence-electron chi connectivity index (χ3n) is 3.82. The predicted octanol–water partition coefficient (Wildman–Crippen LogP) is 4.33. The van der Waals surface area contributed by atoms with Crippen LogP contribution < -0.4 is 5.32 Å².